The standard InChI is InChI=1S/C30H16Cl2N2O4/c31-23-15-17(11-13-19(23)27-33-25-7-3-1-5-21(25)29(35)37-27)9-10-18-12-14-20(24(32)16-18)28-34-26-8-4-2-6-22(26)30(36)38-28/h1-16H/b10-9+. The Balaban J connectivity index is 1.27. The highest BCUT2D eigenvalue weighted by atomic mass is 35.5. The van der Waals surface area contributed by atoms with Crippen molar-refractivity contribution in [1.82, 2.24) is 9.97 Å². The van der Waals surface area contributed by atoms with Gasteiger partial charge in [-0.15, -0.1) is 0 Å². The number of nitrogens with zero attached hydrogens (tertiary/aromatic N) is 2. The Kier molecular flexibility index (Phi) is 6.12. The lowest BCUT2D eigenvalue weighted by Gasteiger charge is -2.06. The van der Waals surface area contributed by atoms with Gasteiger partial charge in [-0.3, -0.25) is 0 Å². The van der Waals surface area contributed by atoms with Crippen molar-refractivity contribution < 1.29 is 8.83 Å². The fourth-order valence-corrected chi connectivity index (χ4v) is 4.62. The molecule has 0 amide bonds. The summed E-state index contributed by atoms with van der Waals surface area (Å²) in [6.45, 7) is 0. The molecule has 0 unspecified atom stereocenters. The van der Waals surface area contributed by atoms with Crippen molar-refractivity contribution in [3.05, 3.63) is 127 Å². The lowest BCUT2D eigenvalue weighted by atomic mass is 10.1. The first kappa shape index (κ1) is 23.9. The van der Waals surface area contributed by atoms with E-state index >= 15 is 0 Å². The fraction of sp³-hybridized carbons (Fsp3) is 0. The summed E-state index contributed by atoms with van der Waals surface area (Å²) in [5.74, 6) is 0.316. The van der Waals surface area contributed by atoms with Gasteiger partial charge in [0.2, 0.25) is 11.8 Å². The van der Waals surface area contributed by atoms with E-state index in [-0.39, 0.29) is 11.8 Å². The van der Waals surface area contributed by atoms with Gasteiger partial charge in [0.15, 0.2) is 0 Å². The molecule has 0 bridgehead atoms. The molecule has 0 aliphatic carbocycles. The van der Waals surface area contributed by atoms with Crippen LogP contribution in [0.5, 0.6) is 0 Å². The molecular formula is C30H16Cl2N2O4. The second kappa shape index (κ2) is 9.74. The van der Waals surface area contributed by atoms with Crippen LogP contribution in [-0.2, 0) is 0 Å². The Hall–Kier alpha value is -4.52. The molecule has 0 fully saturated rings. The topological polar surface area (TPSA) is 86.2 Å². The summed E-state index contributed by atoms with van der Waals surface area (Å²) in [6, 6.07) is 24.7. The number of aromatic nitrogens is 2. The Morgan fingerprint density at radius 2 is 1.00 bits per heavy atom. The third-order valence-electron chi connectivity index (χ3n) is 5.99. The van der Waals surface area contributed by atoms with Crippen molar-refractivity contribution >= 4 is 57.2 Å². The van der Waals surface area contributed by atoms with E-state index in [1.54, 1.807) is 72.8 Å². The summed E-state index contributed by atoms with van der Waals surface area (Å²) in [7, 11) is 0. The molecule has 0 spiro atoms. The van der Waals surface area contributed by atoms with Crippen LogP contribution in [-0.4, -0.2) is 9.97 Å². The molecule has 38 heavy (non-hydrogen) atoms. The SMILES string of the molecule is O=c1oc(-c2ccc(/C=C/c3ccc(-c4nc5ccccc5c(=O)o4)c(Cl)c3)cc2Cl)nc2ccccc12. The molecule has 2 heterocycles. The van der Waals surface area contributed by atoms with Crippen LogP contribution in [0.1, 0.15) is 11.1 Å². The van der Waals surface area contributed by atoms with E-state index in [1.165, 1.54) is 0 Å². The minimum Gasteiger partial charge on any atom is -0.403 e. The highest BCUT2D eigenvalue weighted by Gasteiger charge is 2.13. The van der Waals surface area contributed by atoms with Gasteiger partial charge in [0, 0.05) is 0 Å². The van der Waals surface area contributed by atoms with Crippen LogP contribution in [0.3, 0.4) is 0 Å². The molecular weight excluding hydrogens is 523 g/mol. The monoisotopic (exact) mass is 538 g/mol. The van der Waals surface area contributed by atoms with Crippen LogP contribution in [0.15, 0.2) is 103 Å². The summed E-state index contributed by atoms with van der Waals surface area (Å²) < 4.78 is 10.8. The third-order valence-corrected chi connectivity index (χ3v) is 6.61. The number of rotatable bonds is 4. The smallest absolute Gasteiger partial charge is 0.347 e. The van der Waals surface area contributed by atoms with Crippen LogP contribution >= 0.6 is 23.2 Å². The van der Waals surface area contributed by atoms with Gasteiger partial charge in [-0.25, -0.2) is 19.6 Å². The van der Waals surface area contributed by atoms with Crippen LogP contribution < -0.4 is 11.3 Å². The molecule has 6 aromatic rings. The van der Waals surface area contributed by atoms with E-state index in [0.29, 0.717) is 43.0 Å². The Morgan fingerprint density at radius 1 is 0.579 bits per heavy atom. The van der Waals surface area contributed by atoms with E-state index in [0.717, 1.165) is 11.1 Å². The average molecular weight is 539 g/mol. The van der Waals surface area contributed by atoms with E-state index in [9.17, 15) is 9.59 Å². The molecule has 8 heteroatoms. The fourth-order valence-electron chi connectivity index (χ4n) is 4.08. The molecule has 0 saturated heterocycles. The zero-order valence-electron chi connectivity index (χ0n) is 19.5. The van der Waals surface area contributed by atoms with Crippen molar-refractivity contribution in [2.24, 2.45) is 0 Å². The van der Waals surface area contributed by atoms with Crippen molar-refractivity contribution in [2.75, 3.05) is 0 Å². The van der Waals surface area contributed by atoms with Crippen molar-refractivity contribution in [3.8, 4) is 22.9 Å². The largest absolute Gasteiger partial charge is 0.403 e. The minimum absolute atomic E-state index is 0.158. The van der Waals surface area contributed by atoms with Gasteiger partial charge in [0.05, 0.1) is 43.0 Å². The predicted molar refractivity (Wildman–Crippen MR) is 150 cm³/mol. The van der Waals surface area contributed by atoms with Gasteiger partial charge in [0.25, 0.3) is 0 Å². The maximum absolute atomic E-state index is 12.3. The lowest BCUT2D eigenvalue weighted by molar-refractivity contribution is 0.518. The second-order valence-corrected chi connectivity index (χ2v) is 9.27. The van der Waals surface area contributed by atoms with Crippen molar-refractivity contribution in [3.63, 3.8) is 0 Å². The molecule has 6 rings (SSSR count). The molecule has 4 aromatic carbocycles. The Morgan fingerprint density at radius 3 is 1.42 bits per heavy atom. The van der Waals surface area contributed by atoms with E-state index in [2.05, 4.69) is 9.97 Å². The number of hydrogen-bond donors (Lipinski definition) is 0. The first-order valence-electron chi connectivity index (χ1n) is 11.5. The van der Waals surface area contributed by atoms with Gasteiger partial charge in [0.1, 0.15) is 0 Å². The average Bonchev–Trinajstić information content (AvgIpc) is 2.92. The van der Waals surface area contributed by atoms with Crippen molar-refractivity contribution in [2.45, 2.75) is 0 Å². The number of benzene rings is 4. The predicted octanol–water partition coefficient (Wildman–Crippen LogP) is 7.50. The summed E-state index contributed by atoms with van der Waals surface area (Å²) >= 11 is 13.0. The minimum atomic E-state index is -0.468. The number of hydrogen-bond acceptors (Lipinski definition) is 6. The molecule has 0 N–H and O–H groups in total. The zero-order chi connectivity index (χ0) is 26.2. The zero-order valence-corrected chi connectivity index (χ0v) is 21.0. The molecule has 184 valence electrons. The quantitative estimate of drug-likeness (QED) is 0.216. The van der Waals surface area contributed by atoms with E-state index < -0.39 is 11.3 Å². The van der Waals surface area contributed by atoms with Gasteiger partial charge in [-0.2, -0.15) is 0 Å². The van der Waals surface area contributed by atoms with Gasteiger partial charge in [-0.1, -0.05) is 71.8 Å². The molecule has 6 nitrogen and oxygen atoms in total. The summed E-state index contributed by atoms with van der Waals surface area (Å²) in [5, 5.41) is 1.61. The lowest BCUT2D eigenvalue weighted by Crippen LogP contribution is -2.02. The highest BCUT2D eigenvalue weighted by molar-refractivity contribution is 6.33. The molecule has 0 saturated carbocycles. The normalized spacial score (nSPS) is 11.5. The van der Waals surface area contributed by atoms with Gasteiger partial charge < -0.3 is 8.83 Å². The van der Waals surface area contributed by atoms with Crippen LogP contribution in [0, 0.1) is 0 Å². The maximum Gasteiger partial charge on any atom is 0.347 e. The Labute approximate surface area is 225 Å². The molecule has 0 atom stereocenters. The van der Waals surface area contributed by atoms with Crippen LogP contribution in [0.25, 0.3) is 56.9 Å². The first-order valence-corrected chi connectivity index (χ1v) is 12.3. The molecule has 0 aliphatic rings. The van der Waals surface area contributed by atoms with E-state index in [1.807, 2.05) is 24.3 Å². The van der Waals surface area contributed by atoms with Gasteiger partial charge in [-0.05, 0) is 59.7 Å². The van der Waals surface area contributed by atoms with Crippen LogP contribution in [0.4, 0.5) is 0 Å². The van der Waals surface area contributed by atoms with Crippen LogP contribution in [0.2, 0.25) is 10.0 Å². The second-order valence-electron chi connectivity index (χ2n) is 8.46. The number of para-hydroxylation sites is 2. The van der Waals surface area contributed by atoms with E-state index in [4.69, 9.17) is 32.0 Å². The van der Waals surface area contributed by atoms with Crippen molar-refractivity contribution in [1.29, 1.82) is 0 Å². The third kappa shape index (κ3) is 4.52. The summed E-state index contributed by atoms with van der Waals surface area (Å²) in [5.41, 5.74) is 2.82. The molecule has 0 aliphatic heterocycles. The number of fused-ring (bicyclic) bond motifs is 2. The van der Waals surface area contributed by atoms with Gasteiger partial charge >= 0.3 is 11.3 Å². The Bertz CT molecular complexity index is 1870. The number of halogens is 2. The molecule has 0 radical (unpaired) electrons. The highest BCUT2D eigenvalue weighted by Crippen LogP contribution is 2.30. The summed E-state index contributed by atoms with van der Waals surface area (Å²) in [4.78, 5) is 33.5. The molecule has 2 aromatic heterocycles. The first-order chi connectivity index (χ1) is 18.5. The summed E-state index contributed by atoms with van der Waals surface area (Å²) in [6.07, 6.45) is 3.75. The maximum atomic E-state index is 12.3.